The van der Waals surface area contributed by atoms with Crippen molar-refractivity contribution in [3.8, 4) is 6.07 Å². The summed E-state index contributed by atoms with van der Waals surface area (Å²) in [6.07, 6.45) is 0. The molecule has 0 saturated carbocycles. The highest BCUT2D eigenvalue weighted by atomic mass is 19.1. The Morgan fingerprint density at radius 3 is 2.82 bits per heavy atom. The van der Waals surface area contributed by atoms with E-state index in [-0.39, 0.29) is 12.1 Å². The number of methoxy groups -OCH3 is 1. The summed E-state index contributed by atoms with van der Waals surface area (Å²) in [6, 6.07) is 5.80. The van der Waals surface area contributed by atoms with Gasteiger partial charge >= 0.3 is 5.97 Å². The lowest BCUT2D eigenvalue weighted by Crippen LogP contribution is -2.30. The molecule has 0 heterocycles. The Morgan fingerprint density at radius 1 is 1.59 bits per heavy atom. The van der Waals surface area contributed by atoms with E-state index in [0.29, 0.717) is 12.2 Å². The minimum atomic E-state index is -0.473. The number of benzene rings is 1. The molecule has 0 bridgehead atoms. The predicted octanol–water partition coefficient (Wildman–Crippen LogP) is 1.70. The van der Waals surface area contributed by atoms with E-state index in [4.69, 9.17) is 5.26 Å². The molecule has 0 aliphatic rings. The molecule has 0 fully saturated rings. The Kier molecular flexibility index (Phi) is 4.46. The third-order valence-corrected chi connectivity index (χ3v) is 2.35. The van der Waals surface area contributed by atoms with Gasteiger partial charge in [-0.15, -0.1) is 0 Å². The number of anilines is 1. The summed E-state index contributed by atoms with van der Waals surface area (Å²) in [5.74, 6) is -0.875. The number of carbonyl (C=O) groups excluding carboxylic acids is 1. The molecule has 1 rings (SSSR count). The first-order valence-electron chi connectivity index (χ1n) is 5.13. The van der Waals surface area contributed by atoms with Gasteiger partial charge in [0, 0.05) is 6.54 Å². The first kappa shape index (κ1) is 13.0. The first-order chi connectivity index (χ1) is 8.12. The topological polar surface area (TPSA) is 53.3 Å². The van der Waals surface area contributed by atoms with Crippen LogP contribution in [0.3, 0.4) is 0 Å². The zero-order valence-electron chi connectivity index (χ0n) is 9.74. The number of rotatable bonds is 4. The monoisotopic (exact) mass is 236 g/mol. The van der Waals surface area contributed by atoms with E-state index in [1.54, 1.807) is 4.90 Å². The maximum Gasteiger partial charge on any atom is 0.325 e. The fourth-order valence-corrected chi connectivity index (χ4v) is 1.46. The molecule has 0 aliphatic carbocycles. The largest absolute Gasteiger partial charge is 0.468 e. The summed E-state index contributed by atoms with van der Waals surface area (Å²) in [7, 11) is 1.30. The Hall–Kier alpha value is -2.09. The van der Waals surface area contributed by atoms with Crippen molar-refractivity contribution in [2.75, 3.05) is 25.1 Å². The number of likely N-dealkylation sites (N-methyl/N-ethyl adjacent to an activating group) is 1. The lowest BCUT2D eigenvalue weighted by atomic mass is 10.1. The van der Waals surface area contributed by atoms with E-state index in [1.165, 1.54) is 19.2 Å². The average Bonchev–Trinajstić information content (AvgIpc) is 2.35. The molecule has 17 heavy (non-hydrogen) atoms. The van der Waals surface area contributed by atoms with Crippen molar-refractivity contribution < 1.29 is 13.9 Å². The van der Waals surface area contributed by atoms with Gasteiger partial charge in [0.1, 0.15) is 18.4 Å². The average molecular weight is 236 g/mol. The van der Waals surface area contributed by atoms with E-state index in [2.05, 4.69) is 4.74 Å². The van der Waals surface area contributed by atoms with Gasteiger partial charge in [0.15, 0.2) is 0 Å². The highest BCUT2D eigenvalue weighted by molar-refractivity contribution is 5.76. The van der Waals surface area contributed by atoms with Crippen LogP contribution in [0, 0.1) is 17.1 Å². The van der Waals surface area contributed by atoms with Gasteiger partial charge < -0.3 is 9.64 Å². The molecule has 0 saturated heterocycles. The molecule has 0 spiro atoms. The molecule has 0 radical (unpaired) electrons. The molecule has 4 nitrogen and oxygen atoms in total. The number of halogens is 1. The highest BCUT2D eigenvalue weighted by Gasteiger charge is 2.14. The van der Waals surface area contributed by atoms with Crippen molar-refractivity contribution in [2.24, 2.45) is 0 Å². The molecular formula is C12H13FN2O2. The van der Waals surface area contributed by atoms with Crippen LogP contribution >= 0.6 is 0 Å². The summed E-state index contributed by atoms with van der Waals surface area (Å²) in [5.41, 5.74) is 0.734. The lowest BCUT2D eigenvalue weighted by molar-refractivity contribution is -0.138. The van der Waals surface area contributed by atoms with Crippen LogP contribution in [0.15, 0.2) is 18.2 Å². The second-order valence-electron chi connectivity index (χ2n) is 3.36. The van der Waals surface area contributed by atoms with Gasteiger partial charge in [-0.3, -0.25) is 4.79 Å². The number of hydrogen-bond acceptors (Lipinski definition) is 4. The van der Waals surface area contributed by atoms with Crippen molar-refractivity contribution in [3.05, 3.63) is 29.6 Å². The van der Waals surface area contributed by atoms with Gasteiger partial charge in [-0.25, -0.2) is 4.39 Å². The molecule has 0 atom stereocenters. The first-order valence-corrected chi connectivity index (χ1v) is 5.13. The summed E-state index contributed by atoms with van der Waals surface area (Å²) in [4.78, 5) is 12.9. The van der Waals surface area contributed by atoms with Gasteiger partial charge in [0.25, 0.3) is 0 Å². The third-order valence-electron chi connectivity index (χ3n) is 2.35. The number of carbonyl (C=O) groups is 1. The molecule has 0 aliphatic heterocycles. The van der Waals surface area contributed by atoms with E-state index < -0.39 is 11.8 Å². The number of nitriles is 1. The van der Waals surface area contributed by atoms with E-state index in [0.717, 1.165) is 6.07 Å². The maximum absolute atomic E-state index is 13.0. The molecule has 0 unspecified atom stereocenters. The van der Waals surface area contributed by atoms with Crippen LogP contribution in [0.25, 0.3) is 0 Å². The molecule has 0 amide bonds. The second kappa shape index (κ2) is 5.85. The van der Waals surface area contributed by atoms with Gasteiger partial charge in [-0.1, -0.05) is 0 Å². The standard InChI is InChI=1S/C12H13FN2O2/c1-3-15(8-12(16)17-2)11-5-4-10(13)6-9(11)7-14/h4-6H,3,8H2,1-2H3. The van der Waals surface area contributed by atoms with Crippen molar-refractivity contribution in [1.29, 1.82) is 5.26 Å². The Balaban J connectivity index is 3.04. The molecule has 0 aromatic heterocycles. The van der Waals surface area contributed by atoms with Crippen LogP contribution < -0.4 is 4.90 Å². The molecular weight excluding hydrogens is 223 g/mol. The van der Waals surface area contributed by atoms with E-state index in [9.17, 15) is 9.18 Å². The molecule has 0 N–H and O–H groups in total. The van der Waals surface area contributed by atoms with Gasteiger partial charge in [-0.2, -0.15) is 5.26 Å². The summed E-state index contributed by atoms with van der Waals surface area (Å²) in [6.45, 7) is 2.40. The van der Waals surface area contributed by atoms with Crippen molar-refractivity contribution >= 4 is 11.7 Å². The van der Waals surface area contributed by atoms with E-state index >= 15 is 0 Å². The fraction of sp³-hybridized carbons (Fsp3) is 0.333. The number of nitrogens with zero attached hydrogens (tertiary/aromatic N) is 2. The Bertz CT molecular complexity index is 454. The predicted molar refractivity (Wildman–Crippen MR) is 61.0 cm³/mol. The van der Waals surface area contributed by atoms with Gasteiger partial charge in [0.05, 0.1) is 18.4 Å². The van der Waals surface area contributed by atoms with Crippen LogP contribution in [-0.2, 0) is 9.53 Å². The van der Waals surface area contributed by atoms with Crippen LogP contribution in [0.2, 0.25) is 0 Å². The zero-order chi connectivity index (χ0) is 12.8. The number of esters is 1. The van der Waals surface area contributed by atoms with Crippen LogP contribution in [-0.4, -0.2) is 26.2 Å². The molecule has 1 aromatic carbocycles. The van der Waals surface area contributed by atoms with Gasteiger partial charge in [0.2, 0.25) is 0 Å². The summed E-state index contributed by atoms with van der Waals surface area (Å²) < 4.78 is 17.5. The van der Waals surface area contributed by atoms with Crippen LogP contribution in [0.1, 0.15) is 12.5 Å². The fourth-order valence-electron chi connectivity index (χ4n) is 1.46. The minimum absolute atomic E-state index is 0.0350. The van der Waals surface area contributed by atoms with Crippen LogP contribution in [0.5, 0.6) is 0 Å². The van der Waals surface area contributed by atoms with Crippen molar-refractivity contribution in [2.45, 2.75) is 6.92 Å². The zero-order valence-corrected chi connectivity index (χ0v) is 9.74. The molecule has 1 aromatic rings. The lowest BCUT2D eigenvalue weighted by Gasteiger charge is -2.22. The molecule has 5 heteroatoms. The Labute approximate surface area is 99.2 Å². The third kappa shape index (κ3) is 3.18. The maximum atomic E-state index is 13.0. The minimum Gasteiger partial charge on any atom is -0.468 e. The number of hydrogen-bond donors (Lipinski definition) is 0. The SMILES string of the molecule is CCN(CC(=O)OC)c1ccc(F)cc1C#N. The van der Waals surface area contributed by atoms with Crippen molar-refractivity contribution in [3.63, 3.8) is 0 Å². The number of ether oxygens (including phenoxy) is 1. The van der Waals surface area contributed by atoms with Crippen LogP contribution in [0.4, 0.5) is 10.1 Å². The van der Waals surface area contributed by atoms with Gasteiger partial charge in [-0.05, 0) is 25.1 Å². The smallest absolute Gasteiger partial charge is 0.325 e. The molecule has 90 valence electrons. The van der Waals surface area contributed by atoms with E-state index in [1.807, 2.05) is 13.0 Å². The Morgan fingerprint density at radius 2 is 2.29 bits per heavy atom. The summed E-state index contributed by atoms with van der Waals surface area (Å²) in [5, 5.41) is 8.92. The normalized spacial score (nSPS) is 9.53. The quantitative estimate of drug-likeness (QED) is 0.746. The van der Waals surface area contributed by atoms with Crippen molar-refractivity contribution in [1.82, 2.24) is 0 Å². The highest BCUT2D eigenvalue weighted by Crippen LogP contribution is 2.20. The second-order valence-corrected chi connectivity index (χ2v) is 3.36. The summed E-state index contributed by atoms with van der Waals surface area (Å²) >= 11 is 0.